The van der Waals surface area contributed by atoms with Crippen LogP contribution in [0.15, 0.2) is 42.5 Å². The van der Waals surface area contributed by atoms with Gasteiger partial charge in [0.05, 0.1) is 6.10 Å². The summed E-state index contributed by atoms with van der Waals surface area (Å²) in [4.78, 5) is 0. The van der Waals surface area contributed by atoms with Crippen LogP contribution in [0.1, 0.15) is 25.0 Å². The predicted molar refractivity (Wildman–Crippen MR) is 89.4 cm³/mol. The molecule has 0 fully saturated rings. The van der Waals surface area contributed by atoms with Gasteiger partial charge in [-0.2, -0.15) is 11.8 Å². The van der Waals surface area contributed by atoms with Crippen LogP contribution in [0.25, 0.3) is 10.8 Å². The van der Waals surface area contributed by atoms with Gasteiger partial charge in [0.1, 0.15) is 0 Å². The third-order valence-corrected chi connectivity index (χ3v) is 4.35. The van der Waals surface area contributed by atoms with E-state index in [0.29, 0.717) is 12.6 Å². The first-order valence-electron chi connectivity index (χ1n) is 7.13. The Morgan fingerprint density at radius 1 is 1.15 bits per heavy atom. The molecule has 0 aromatic heterocycles. The first-order valence-corrected chi connectivity index (χ1v) is 8.53. The molecule has 2 unspecified atom stereocenters. The largest absolute Gasteiger partial charge is 0.387 e. The fourth-order valence-electron chi connectivity index (χ4n) is 2.33. The summed E-state index contributed by atoms with van der Waals surface area (Å²) < 4.78 is 0. The van der Waals surface area contributed by atoms with Crippen LogP contribution < -0.4 is 5.32 Å². The van der Waals surface area contributed by atoms with Gasteiger partial charge in [0.25, 0.3) is 0 Å². The Morgan fingerprint density at radius 3 is 2.60 bits per heavy atom. The summed E-state index contributed by atoms with van der Waals surface area (Å²) in [6, 6.07) is 14.9. The molecule has 0 bridgehead atoms. The standard InChI is InChI=1S/C17H23NOS/c1-3-16(12-20-2)18-11-17(19)15-9-8-13-6-4-5-7-14(13)10-15/h4-10,16-19H,3,11-12H2,1-2H3. The molecule has 0 aliphatic carbocycles. The highest BCUT2D eigenvalue weighted by atomic mass is 32.2. The van der Waals surface area contributed by atoms with E-state index >= 15 is 0 Å². The number of hydrogen-bond donors (Lipinski definition) is 2. The SMILES string of the molecule is CCC(CSC)NCC(O)c1ccc2ccccc2c1. The third-order valence-electron chi connectivity index (χ3n) is 3.62. The van der Waals surface area contributed by atoms with Crippen molar-refractivity contribution >= 4 is 22.5 Å². The van der Waals surface area contributed by atoms with Gasteiger partial charge in [-0.05, 0) is 35.1 Å². The van der Waals surface area contributed by atoms with E-state index in [2.05, 4.69) is 42.8 Å². The van der Waals surface area contributed by atoms with Crippen molar-refractivity contribution < 1.29 is 5.11 Å². The molecule has 2 atom stereocenters. The van der Waals surface area contributed by atoms with E-state index in [1.165, 1.54) is 10.8 Å². The van der Waals surface area contributed by atoms with Crippen LogP contribution in [0, 0.1) is 0 Å². The van der Waals surface area contributed by atoms with Crippen molar-refractivity contribution in [1.82, 2.24) is 5.32 Å². The Bertz CT molecular complexity index is 543. The van der Waals surface area contributed by atoms with E-state index < -0.39 is 6.10 Å². The molecule has 2 aromatic carbocycles. The van der Waals surface area contributed by atoms with Gasteiger partial charge in [0, 0.05) is 18.3 Å². The lowest BCUT2D eigenvalue weighted by Gasteiger charge is -2.19. The van der Waals surface area contributed by atoms with Crippen LogP contribution in [0.5, 0.6) is 0 Å². The Kier molecular flexibility index (Phi) is 5.89. The van der Waals surface area contributed by atoms with Gasteiger partial charge in [-0.25, -0.2) is 0 Å². The van der Waals surface area contributed by atoms with E-state index in [4.69, 9.17) is 0 Å². The van der Waals surface area contributed by atoms with Crippen molar-refractivity contribution in [1.29, 1.82) is 0 Å². The molecule has 2 N–H and O–H groups in total. The van der Waals surface area contributed by atoms with Crippen molar-refractivity contribution in [3.8, 4) is 0 Å². The molecule has 108 valence electrons. The van der Waals surface area contributed by atoms with Gasteiger partial charge in [-0.1, -0.05) is 43.3 Å². The van der Waals surface area contributed by atoms with Gasteiger partial charge in [0.15, 0.2) is 0 Å². The van der Waals surface area contributed by atoms with E-state index in [9.17, 15) is 5.11 Å². The molecule has 2 nitrogen and oxygen atoms in total. The topological polar surface area (TPSA) is 32.3 Å². The lowest BCUT2D eigenvalue weighted by molar-refractivity contribution is 0.171. The minimum absolute atomic E-state index is 0.449. The molecule has 0 amide bonds. The zero-order valence-electron chi connectivity index (χ0n) is 12.2. The average molecular weight is 289 g/mol. The van der Waals surface area contributed by atoms with Crippen molar-refractivity contribution in [3.05, 3.63) is 48.0 Å². The number of aliphatic hydroxyl groups is 1. The van der Waals surface area contributed by atoms with Gasteiger partial charge >= 0.3 is 0 Å². The summed E-state index contributed by atoms with van der Waals surface area (Å²) in [5.74, 6) is 1.08. The molecular formula is C17H23NOS. The summed E-state index contributed by atoms with van der Waals surface area (Å²) in [6.45, 7) is 2.79. The maximum absolute atomic E-state index is 10.3. The average Bonchev–Trinajstić information content (AvgIpc) is 2.50. The summed E-state index contributed by atoms with van der Waals surface area (Å²) >= 11 is 1.84. The molecule has 0 aliphatic rings. The van der Waals surface area contributed by atoms with Crippen LogP contribution in [0.3, 0.4) is 0 Å². The molecule has 0 saturated heterocycles. The van der Waals surface area contributed by atoms with Crippen molar-refractivity contribution in [2.45, 2.75) is 25.5 Å². The highest BCUT2D eigenvalue weighted by Gasteiger charge is 2.11. The van der Waals surface area contributed by atoms with Crippen LogP contribution in [-0.4, -0.2) is 29.7 Å². The maximum Gasteiger partial charge on any atom is 0.0914 e. The number of rotatable bonds is 7. The Labute approximate surface area is 125 Å². The highest BCUT2D eigenvalue weighted by molar-refractivity contribution is 7.98. The second-order valence-electron chi connectivity index (χ2n) is 5.09. The zero-order valence-corrected chi connectivity index (χ0v) is 13.0. The molecule has 0 radical (unpaired) electrons. The Morgan fingerprint density at radius 2 is 1.90 bits per heavy atom. The fourth-order valence-corrected chi connectivity index (χ4v) is 3.09. The minimum atomic E-state index is -0.449. The smallest absolute Gasteiger partial charge is 0.0914 e. The van der Waals surface area contributed by atoms with Crippen LogP contribution in [-0.2, 0) is 0 Å². The third kappa shape index (κ3) is 3.98. The number of benzene rings is 2. The Hall–Kier alpha value is -1.03. The summed E-state index contributed by atoms with van der Waals surface area (Å²) in [5.41, 5.74) is 0.982. The van der Waals surface area contributed by atoms with Gasteiger partial charge in [-0.3, -0.25) is 0 Å². The normalized spacial score (nSPS) is 14.3. The molecule has 2 aromatic rings. The van der Waals surface area contributed by atoms with Crippen LogP contribution in [0.4, 0.5) is 0 Å². The van der Waals surface area contributed by atoms with E-state index in [0.717, 1.165) is 17.7 Å². The van der Waals surface area contributed by atoms with Crippen LogP contribution >= 0.6 is 11.8 Å². The van der Waals surface area contributed by atoms with Crippen molar-refractivity contribution in [2.24, 2.45) is 0 Å². The van der Waals surface area contributed by atoms with Crippen molar-refractivity contribution in [2.75, 3.05) is 18.6 Å². The molecule has 2 rings (SSSR count). The summed E-state index contributed by atoms with van der Waals surface area (Å²) in [7, 11) is 0. The Balaban J connectivity index is 2.01. The second-order valence-corrected chi connectivity index (χ2v) is 6.00. The van der Waals surface area contributed by atoms with Crippen LogP contribution in [0.2, 0.25) is 0 Å². The second kappa shape index (κ2) is 7.67. The van der Waals surface area contributed by atoms with Gasteiger partial charge in [0.2, 0.25) is 0 Å². The monoisotopic (exact) mass is 289 g/mol. The minimum Gasteiger partial charge on any atom is -0.387 e. The molecular weight excluding hydrogens is 266 g/mol. The first-order chi connectivity index (χ1) is 9.74. The first kappa shape index (κ1) is 15.4. The fraction of sp³-hybridized carbons (Fsp3) is 0.412. The lowest BCUT2D eigenvalue weighted by Crippen LogP contribution is -2.34. The summed E-state index contributed by atoms with van der Waals surface area (Å²) in [6.07, 6.45) is 2.76. The molecule has 0 saturated carbocycles. The number of aliphatic hydroxyl groups excluding tert-OH is 1. The molecule has 3 heteroatoms. The van der Waals surface area contributed by atoms with Crippen molar-refractivity contribution in [3.63, 3.8) is 0 Å². The highest BCUT2D eigenvalue weighted by Crippen LogP contribution is 2.20. The molecule has 0 spiro atoms. The summed E-state index contributed by atoms with van der Waals surface area (Å²) in [5, 5.41) is 16.2. The number of nitrogens with one attached hydrogen (secondary N) is 1. The number of fused-ring (bicyclic) bond motifs is 1. The van der Waals surface area contributed by atoms with E-state index in [1.54, 1.807) is 0 Å². The lowest BCUT2D eigenvalue weighted by atomic mass is 10.0. The molecule has 0 heterocycles. The maximum atomic E-state index is 10.3. The van der Waals surface area contributed by atoms with E-state index in [1.807, 2.05) is 30.0 Å². The van der Waals surface area contributed by atoms with Gasteiger partial charge < -0.3 is 10.4 Å². The molecule has 0 aliphatic heterocycles. The number of hydrogen-bond acceptors (Lipinski definition) is 3. The number of thioether (sulfide) groups is 1. The zero-order chi connectivity index (χ0) is 14.4. The van der Waals surface area contributed by atoms with E-state index in [-0.39, 0.29) is 0 Å². The predicted octanol–water partition coefficient (Wildman–Crippen LogP) is 3.60. The molecule has 20 heavy (non-hydrogen) atoms. The quantitative estimate of drug-likeness (QED) is 0.817. The van der Waals surface area contributed by atoms with Gasteiger partial charge in [-0.15, -0.1) is 0 Å².